The van der Waals surface area contributed by atoms with Crippen LogP contribution >= 0.6 is 0 Å². The van der Waals surface area contributed by atoms with Crippen LogP contribution < -0.4 is 4.74 Å². The third kappa shape index (κ3) is 7.70. The lowest BCUT2D eigenvalue weighted by atomic mass is 9.92. The highest BCUT2D eigenvalue weighted by Gasteiger charge is 2.12. The van der Waals surface area contributed by atoms with E-state index in [-0.39, 0.29) is 0 Å². The summed E-state index contributed by atoms with van der Waals surface area (Å²) in [6.45, 7) is 15.2. The van der Waals surface area contributed by atoms with Crippen LogP contribution in [0, 0.1) is 26.7 Å². The first-order valence-corrected chi connectivity index (χ1v) is 9.54. The number of aryl methyl sites for hydroxylation is 2. The number of rotatable bonds is 11. The second-order valence-electron chi connectivity index (χ2n) is 7.73. The van der Waals surface area contributed by atoms with E-state index in [1.54, 1.807) is 6.92 Å². The van der Waals surface area contributed by atoms with E-state index in [2.05, 4.69) is 46.8 Å². The highest BCUT2D eigenvalue weighted by atomic mass is 16.5. The van der Waals surface area contributed by atoms with Gasteiger partial charge in [0, 0.05) is 0 Å². The molecule has 0 aliphatic rings. The number of unbranched alkanes of at least 4 members (excludes halogenated alkanes) is 1. The Morgan fingerprint density at radius 3 is 2.54 bits per heavy atom. The predicted octanol–water partition coefficient (Wildman–Crippen LogP) is 5.81. The lowest BCUT2D eigenvalue weighted by molar-refractivity contribution is 0.0942. The SMILES string of the molecule is [CH2-]C(C)(O)CCCC(C)CCc1ccc(C)c(C)c1OCCCC. The van der Waals surface area contributed by atoms with Gasteiger partial charge in [-0.15, -0.1) is 0 Å². The quantitative estimate of drug-likeness (QED) is 0.409. The van der Waals surface area contributed by atoms with Gasteiger partial charge in [0.1, 0.15) is 5.75 Å². The van der Waals surface area contributed by atoms with Gasteiger partial charge in [-0.2, -0.15) is 0 Å². The molecule has 0 heterocycles. The highest BCUT2D eigenvalue weighted by Crippen LogP contribution is 2.29. The van der Waals surface area contributed by atoms with Gasteiger partial charge in [0.15, 0.2) is 0 Å². The lowest BCUT2D eigenvalue weighted by Crippen LogP contribution is -2.18. The zero-order valence-corrected chi connectivity index (χ0v) is 16.5. The maximum atomic E-state index is 9.71. The number of aliphatic hydroxyl groups is 1. The van der Waals surface area contributed by atoms with Gasteiger partial charge in [0.05, 0.1) is 6.61 Å². The molecule has 0 aliphatic heterocycles. The predicted molar refractivity (Wildman–Crippen MR) is 104 cm³/mol. The zero-order valence-electron chi connectivity index (χ0n) is 16.5. The summed E-state index contributed by atoms with van der Waals surface area (Å²) < 4.78 is 6.11. The van der Waals surface area contributed by atoms with Gasteiger partial charge in [0.2, 0.25) is 0 Å². The highest BCUT2D eigenvalue weighted by molar-refractivity contribution is 5.45. The largest absolute Gasteiger partial charge is 0.493 e. The van der Waals surface area contributed by atoms with Crippen LogP contribution in [0.25, 0.3) is 0 Å². The Bertz CT molecular complexity index is 485. The fourth-order valence-corrected chi connectivity index (χ4v) is 2.94. The van der Waals surface area contributed by atoms with Crippen molar-refractivity contribution in [1.82, 2.24) is 0 Å². The average Bonchev–Trinajstić information content (AvgIpc) is 2.49. The summed E-state index contributed by atoms with van der Waals surface area (Å²) in [6.07, 6.45) is 7.43. The van der Waals surface area contributed by atoms with Gasteiger partial charge in [-0.25, -0.2) is 0 Å². The molecular weight excluding hydrogens is 296 g/mol. The molecule has 2 heteroatoms. The van der Waals surface area contributed by atoms with E-state index in [1.807, 2.05) is 0 Å². The van der Waals surface area contributed by atoms with Crippen LogP contribution in [-0.2, 0) is 6.42 Å². The van der Waals surface area contributed by atoms with E-state index in [0.29, 0.717) is 5.92 Å². The van der Waals surface area contributed by atoms with Crippen molar-refractivity contribution in [2.45, 2.75) is 85.2 Å². The van der Waals surface area contributed by atoms with Crippen LogP contribution in [0.4, 0.5) is 0 Å². The van der Waals surface area contributed by atoms with Crippen molar-refractivity contribution in [3.63, 3.8) is 0 Å². The monoisotopic (exact) mass is 333 g/mol. The molecule has 1 aromatic carbocycles. The van der Waals surface area contributed by atoms with E-state index < -0.39 is 5.60 Å². The maximum Gasteiger partial charge on any atom is 0.125 e. The number of ether oxygens (including phenoxy) is 1. The van der Waals surface area contributed by atoms with Gasteiger partial charge >= 0.3 is 0 Å². The molecule has 0 spiro atoms. The Balaban J connectivity index is 2.58. The zero-order chi connectivity index (χ0) is 18.2. The van der Waals surface area contributed by atoms with Crippen molar-refractivity contribution in [1.29, 1.82) is 0 Å². The Morgan fingerprint density at radius 1 is 1.21 bits per heavy atom. The summed E-state index contributed by atoms with van der Waals surface area (Å²) in [7, 11) is 0. The van der Waals surface area contributed by atoms with Crippen LogP contribution in [0.1, 0.15) is 76.0 Å². The van der Waals surface area contributed by atoms with E-state index in [4.69, 9.17) is 4.74 Å². The van der Waals surface area contributed by atoms with Gasteiger partial charge in [-0.3, -0.25) is 0 Å². The minimum Gasteiger partial charge on any atom is -0.493 e. The second-order valence-corrected chi connectivity index (χ2v) is 7.73. The van der Waals surface area contributed by atoms with Crippen LogP contribution in [0.15, 0.2) is 12.1 Å². The third-order valence-corrected chi connectivity index (χ3v) is 4.82. The molecule has 138 valence electrons. The first kappa shape index (κ1) is 21.0. The molecule has 1 rings (SSSR count). The van der Waals surface area contributed by atoms with Gasteiger partial charge in [-0.05, 0) is 55.7 Å². The van der Waals surface area contributed by atoms with Crippen LogP contribution in [0.5, 0.6) is 5.75 Å². The summed E-state index contributed by atoms with van der Waals surface area (Å²) in [5, 5.41) is 9.71. The maximum absolute atomic E-state index is 9.71. The third-order valence-electron chi connectivity index (χ3n) is 4.82. The Labute approximate surface area is 149 Å². The van der Waals surface area contributed by atoms with Crippen LogP contribution in [0.2, 0.25) is 0 Å². The molecule has 0 aromatic heterocycles. The fourth-order valence-electron chi connectivity index (χ4n) is 2.94. The molecule has 2 atom stereocenters. The normalized spacial score (nSPS) is 15.1. The van der Waals surface area contributed by atoms with Crippen molar-refractivity contribution in [2.75, 3.05) is 6.61 Å². The fraction of sp³-hybridized carbons (Fsp3) is 0.682. The molecule has 24 heavy (non-hydrogen) atoms. The van der Waals surface area contributed by atoms with E-state index in [1.165, 1.54) is 16.7 Å². The first-order chi connectivity index (χ1) is 11.2. The minimum atomic E-state index is -0.784. The number of benzene rings is 1. The van der Waals surface area contributed by atoms with Gasteiger partial charge in [-0.1, -0.05) is 64.2 Å². The van der Waals surface area contributed by atoms with E-state index in [0.717, 1.165) is 57.3 Å². The lowest BCUT2D eigenvalue weighted by Gasteiger charge is -2.25. The second kappa shape index (κ2) is 10.1. The Kier molecular flexibility index (Phi) is 8.83. The van der Waals surface area contributed by atoms with Crippen molar-refractivity contribution in [3.05, 3.63) is 35.7 Å². The summed E-state index contributed by atoms with van der Waals surface area (Å²) in [6, 6.07) is 4.44. The topological polar surface area (TPSA) is 29.5 Å². The summed E-state index contributed by atoms with van der Waals surface area (Å²) in [5.74, 6) is 1.76. The molecule has 0 radical (unpaired) electrons. The average molecular weight is 334 g/mol. The smallest absolute Gasteiger partial charge is 0.125 e. The number of hydrogen-bond acceptors (Lipinski definition) is 2. The van der Waals surface area contributed by atoms with E-state index >= 15 is 0 Å². The van der Waals surface area contributed by atoms with Gasteiger partial charge < -0.3 is 16.8 Å². The summed E-state index contributed by atoms with van der Waals surface area (Å²) in [5.41, 5.74) is 3.14. The van der Waals surface area contributed by atoms with Crippen molar-refractivity contribution in [3.8, 4) is 5.75 Å². The molecule has 2 nitrogen and oxygen atoms in total. The standard InChI is InChI=1S/C22H37O2/c1-7-8-16-24-21-19(4)18(3)12-14-20(21)13-11-17(2)10-9-15-22(5,6)23/h12,14,17,23H,5,7-11,13,15-16H2,1-4,6H3/q-1. The van der Waals surface area contributed by atoms with E-state index in [9.17, 15) is 5.11 Å². The van der Waals surface area contributed by atoms with Crippen molar-refractivity contribution in [2.24, 2.45) is 5.92 Å². The molecule has 1 N–H and O–H groups in total. The van der Waals surface area contributed by atoms with Gasteiger partial charge in [0.25, 0.3) is 0 Å². The molecule has 0 aliphatic carbocycles. The summed E-state index contributed by atoms with van der Waals surface area (Å²) in [4.78, 5) is 0. The Morgan fingerprint density at radius 2 is 1.92 bits per heavy atom. The number of hydrogen-bond donors (Lipinski definition) is 1. The molecule has 0 bridgehead atoms. The minimum absolute atomic E-state index is 0.650. The molecule has 0 amide bonds. The molecule has 2 unspecified atom stereocenters. The molecule has 1 aromatic rings. The molecule has 0 fully saturated rings. The van der Waals surface area contributed by atoms with Crippen molar-refractivity contribution < 1.29 is 9.84 Å². The molecule has 0 saturated carbocycles. The first-order valence-electron chi connectivity index (χ1n) is 9.54. The Hall–Kier alpha value is -1.02. The summed E-state index contributed by atoms with van der Waals surface area (Å²) >= 11 is 0. The molecular formula is C22H37O2-. The molecule has 0 saturated heterocycles. The van der Waals surface area contributed by atoms with Crippen LogP contribution in [-0.4, -0.2) is 17.3 Å². The van der Waals surface area contributed by atoms with Crippen LogP contribution in [0.3, 0.4) is 0 Å². The van der Waals surface area contributed by atoms with Crippen molar-refractivity contribution >= 4 is 0 Å².